The molecule has 1 heterocycles. The van der Waals surface area contributed by atoms with E-state index in [4.69, 9.17) is 33.5 Å². The lowest BCUT2D eigenvalue weighted by Gasteiger charge is -2.46. The number of methoxy groups -OCH3 is 5. The molecule has 2 unspecified atom stereocenters. The van der Waals surface area contributed by atoms with Gasteiger partial charge in [-0.2, -0.15) is 0 Å². The monoisotopic (exact) mass is 564 g/mol. The summed E-state index contributed by atoms with van der Waals surface area (Å²) < 4.78 is 47.3. The van der Waals surface area contributed by atoms with Gasteiger partial charge < -0.3 is 38.0 Å². The highest BCUT2D eigenvalue weighted by Crippen LogP contribution is 2.44. The number of hydrogen-bond acceptors (Lipinski definition) is 8. The van der Waals surface area contributed by atoms with E-state index in [1.807, 2.05) is 24.3 Å². The van der Waals surface area contributed by atoms with E-state index in [1.165, 1.54) is 0 Å². The van der Waals surface area contributed by atoms with Crippen molar-refractivity contribution in [2.24, 2.45) is 0 Å². The number of fused-ring (bicyclic) bond motifs is 1. The van der Waals surface area contributed by atoms with Crippen molar-refractivity contribution in [2.75, 3.05) is 62.3 Å². The number of quaternary nitrogens is 1. The van der Waals surface area contributed by atoms with Crippen LogP contribution in [0.5, 0.6) is 28.7 Å². The fourth-order valence-corrected chi connectivity index (χ4v) is 5.33. The van der Waals surface area contributed by atoms with Gasteiger partial charge in [0, 0.05) is 24.8 Å². The third-order valence-corrected chi connectivity index (χ3v) is 7.47. The number of carboxylic acids is 1. The molecule has 3 atom stereocenters. The Labute approximate surface area is 234 Å². The number of likely N-dealkylation sites (N-methyl/N-ethyl adjacent to an activating group) is 1. The van der Waals surface area contributed by atoms with Gasteiger partial charge in [0.2, 0.25) is 11.9 Å². The molecule has 0 aromatic heterocycles. The van der Waals surface area contributed by atoms with Crippen LogP contribution in [0.4, 0.5) is 4.39 Å². The van der Waals surface area contributed by atoms with Crippen molar-refractivity contribution in [3.63, 3.8) is 0 Å². The van der Waals surface area contributed by atoms with Crippen molar-refractivity contribution in [3.8, 4) is 28.7 Å². The molecule has 11 heteroatoms. The van der Waals surface area contributed by atoms with Crippen LogP contribution in [0.2, 0.25) is 0 Å². The standard InChI is InChI=1S/C29H38FNO9/c1-31(9-7-11-40-29(34)21(30)17-27(32)33)10-8-19-15-23(35-2)24(36-3)16-20(19)22(31)12-18-13-25(37-4)28(39-6)26(14-18)38-5/h13-16,21-22H,7-12,17H2,1-6H3/p+1/t21?,22-,31?/m1/s1. The number of carbonyl (C=O) groups excluding carboxylic acids is 1. The topological polar surface area (TPSA) is 110 Å². The van der Waals surface area contributed by atoms with Crippen molar-refractivity contribution < 1.29 is 52.0 Å². The summed E-state index contributed by atoms with van der Waals surface area (Å²) in [4.78, 5) is 22.5. The average molecular weight is 565 g/mol. The summed E-state index contributed by atoms with van der Waals surface area (Å²) in [7, 11) is 10.1. The molecule has 2 aromatic rings. The van der Waals surface area contributed by atoms with Gasteiger partial charge in [0.05, 0.1) is 68.7 Å². The molecule has 0 saturated carbocycles. The molecule has 2 aromatic carbocycles. The van der Waals surface area contributed by atoms with Crippen molar-refractivity contribution in [2.45, 2.75) is 37.9 Å². The Morgan fingerprint density at radius 3 is 2.10 bits per heavy atom. The fraction of sp³-hybridized carbons (Fsp3) is 0.517. The fourth-order valence-electron chi connectivity index (χ4n) is 5.33. The molecule has 10 nitrogen and oxygen atoms in total. The van der Waals surface area contributed by atoms with Crippen LogP contribution in [0.25, 0.3) is 0 Å². The lowest BCUT2D eigenvalue weighted by Crippen LogP contribution is -2.52. The first-order valence-electron chi connectivity index (χ1n) is 13.0. The van der Waals surface area contributed by atoms with Gasteiger partial charge >= 0.3 is 11.9 Å². The van der Waals surface area contributed by atoms with Crippen LogP contribution in [0, 0.1) is 0 Å². The predicted octanol–water partition coefficient (Wildman–Crippen LogP) is 3.76. The lowest BCUT2D eigenvalue weighted by molar-refractivity contribution is -0.941. The largest absolute Gasteiger partial charge is 0.493 e. The summed E-state index contributed by atoms with van der Waals surface area (Å²) in [5.74, 6) is 0.379. The highest BCUT2D eigenvalue weighted by Gasteiger charge is 2.40. The third-order valence-electron chi connectivity index (χ3n) is 7.47. The number of benzene rings is 2. The maximum atomic E-state index is 13.8. The smallest absolute Gasteiger partial charge is 0.341 e. The zero-order chi connectivity index (χ0) is 29.4. The SMILES string of the molecule is COc1cc2c(cc1OC)[C@@H](Cc1cc(OC)c(OC)c(OC)c1)[N+](C)(CCCOC(=O)C(F)CC(=O)O)CC2. The average Bonchev–Trinajstić information content (AvgIpc) is 2.95. The molecular weight excluding hydrogens is 525 g/mol. The quantitative estimate of drug-likeness (QED) is 0.208. The van der Waals surface area contributed by atoms with Crippen molar-refractivity contribution in [3.05, 3.63) is 41.0 Å². The van der Waals surface area contributed by atoms with E-state index in [0.29, 0.717) is 52.6 Å². The Bertz CT molecular complexity index is 1180. The highest BCUT2D eigenvalue weighted by molar-refractivity contribution is 5.80. The number of aliphatic carboxylic acids is 1. The van der Waals surface area contributed by atoms with Crippen LogP contribution in [0.15, 0.2) is 24.3 Å². The van der Waals surface area contributed by atoms with Gasteiger partial charge in [-0.3, -0.25) is 4.79 Å². The first-order valence-corrected chi connectivity index (χ1v) is 13.0. The first kappa shape index (κ1) is 30.8. The number of carboxylic acid groups (broad SMARTS) is 1. The van der Waals surface area contributed by atoms with E-state index in [9.17, 15) is 14.0 Å². The van der Waals surface area contributed by atoms with Gasteiger partial charge in [0.1, 0.15) is 6.04 Å². The molecule has 220 valence electrons. The molecule has 3 rings (SSSR count). The molecule has 0 amide bonds. The maximum absolute atomic E-state index is 13.8. The summed E-state index contributed by atoms with van der Waals surface area (Å²) in [5.41, 5.74) is 3.25. The Morgan fingerprint density at radius 2 is 1.55 bits per heavy atom. The molecule has 0 radical (unpaired) electrons. The molecule has 40 heavy (non-hydrogen) atoms. The lowest BCUT2D eigenvalue weighted by atomic mass is 9.86. The Kier molecular flexibility index (Phi) is 10.4. The Morgan fingerprint density at radius 1 is 0.950 bits per heavy atom. The number of esters is 1. The van der Waals surface area contributed by atoms with E-state index in [1.54, 1.807) is 35.5 Å². The molecule has 0 aliphatic carbocycles. The first-order chi connectivity index (χ1) is 19.1. The van der Waals surface area contributed by atoms with E-state index in [-0.39, 0.29) is 12.6 Å². The van der Waals surface area contributed by atoms with Crippen LogP contribution < -0.4 is 23.7 Å². The molecular formula is C29H39FNO9+. The molecule has 1 aliphatic rings. The van der Waals surface area contributed by atoms with E-state index < -0.39 is 24.5 Å². The van der Waals surface area contributed by atoms with Crippen LogP contribution in [0.3, 0.4) is 0 Å². The van der Waals surface area contributed by atoms with Gasteiger partial charge in [-0.25, -0.2) is 9.18 Å². The van der Waals surface area contributed by atoms with Crippen molar-refractivity contribution >= 4 is 11.9 Å². The number of alkyl halides is 1. The number of nitrogens with zero attached hydrogens (tertiary/aromatic N) is 1. The summed E-state index contributed by atoms with van der Waals surface area (Å²) in [5, 5.41) is 8.71. The molecule has 0 spiro atoms. The normalized spacial score (nSPS) is 18.7. The van der Waals surface area contributed by atoms with Gasteiger partial charge in [-0.05, 0) is 35.4 Å². The Hall–Kier alpha value is -3.73. The van der Waals surface area contributed by atoms with Crippen LogP contribution in [0.1, 0.15) is 35.6 Å². The van der Waals surface area contributed by atoms with Gasteiger partial charge in [-0.15, -0.1) is 0 Å². The second kappa shape index (κ2) is 13.6. The maximum Gasteiger partial charge on any atom is 0.341 e. The number of rotatable bonds is 14. The summed E-state index contributed by atoms with van der Waals surface area (Å²) in [6.45, 7) is 1.42. The minimum absolute atomic E-state index is 0.0115. The zero-order valence-corrected chi connectivity index (χ0v) is 24.0. The number of hydrogen-bond donors (Lipinski definition) is 1. The van der Waals surface area contributed by atoms with Crippen LogP contribution in [-0.4, -0.2) is 90.0 Å². The Balaban J connectivity index is 1.92. The van der Waals surface area contributed by atoms with Gasteiger partial charge in [-0.1, -0.05) is 0 Å². The van der Waals surface area contributed by atoms with Crippen molar-refractivity contribution in [1.29, 1.82) is 0 Å². The van der Waals surface area contributed by atoms with Crippen molar-refractivity contribution in [1.82, 2.24) is 0 Å². The van der Waals surface area contributed by atoms with E-state index in [2.05, 4.69) is 7.05 Å². The van der Waals surface area contributed by atoms with E-state index >= 15 is 0 Å². The third kappa shape index (κ3) is 6.88. The molecule has 1 aliphatic heterocycles. The predicted molar refractivity (Wildman–Crippen MR) is 144 cm³/mol. The molecule has 0 bridgehead atoms. The minimum atomic E-state index is -2.18. The molecule has 0 fully saturated rings. The number of carbonyl (C=O) groups is 2. The van der Waals surface area contributed by atoms with E-state index in [0.717, 1.165) is 29.7 Å². The van der Waals surface area contributed by atoms with Crippen LogP contribution in [-0.2, 0) is 27.2 Å². The molecule has 0 saturated heterocycles. The number of ether oxygens (including phenoxy) is 6. The number of halogens is 1. The summed E-state index contributed by atoms with van der Waals surface area (Å²) >= 11 is 0. The van der Waals surface area contributed by atoms with Crippen LogP contribution >= 0.6 is 0 Å². The molecule has 1 N–H and O–H groups in total. The zero-order valence-electron chi connectivity index (χ0n) is 24.0. The second-order valence-corrected chi connectivity index (χ2v) is 9.92. The summed E-state index contributed by atoms with van der Waals surface area (Å²) in [6, 6.07) is 7.89. The summed E-state index contributed by atoms with van der Waals surface area (Å²) in [6.07, 6.45) is -1.20. The second-order valence-electron chi connectivity index (χ2n) is 9.92. The van der Waals surface area contributed by atoms with Gasteiger partial charge in [0.15, 0.2) is 23.0 Å². The minimum Gasteiger partial charge on any atom is -0.493 e. The van der Waals surface area contributed by atoms with Gasteiger partial charge in [0.25, 0.3) is 0 Å². The highest BCUT2D eigenvalue weighted by atomic mass is 19.1.